The van der Waals surface area contributed by atoms with E-state index in [1.807, 2.05) is 55.5 Å². The highest BCUT2D eigenvalue weighted by molar-refractivity contribution is 5.75. The highest BCUT2D eigenvalue weighted by atomic mass is 16.7. The third-order valence-corrected chi connectivity index (χ3v) is 5.48. The molecule has 6 nitrogen and oxygen atoms in total. The molecule has 162 valence electrons. The average Bonchev–Trinajstić information content (AvgIpc) is 3.26. The van der Waals surface area contributed by atoms with Crippen molar-refractivity contribution in [3.63, 3.8) is 0 Å². The Hall–Kier alpha value is -3.98. The number of fused-ring (bicyclic) bond motifs is 1. The quantitative estimate of drug-likeness (QED) is 0.554. The zero-order valence-corrected chi connectivity index (χ0v) is 17.7. The molecule has 3 aromatic carbocycles. The van der Waals surface area contributed by atoms with E-state index in [0.717, 1.165) is 41.0 Å². The van der Waals surface area contributed by atoms with E-state index in [4.69, 9.17) is 14.2 Å². The second-order valence-corrected chi connectivity index (χ2v) is 7.66. The summed E-state index contributed by atoms with van der Waals surface area (Å²) >= 11 is 0. The van der Waals surface area contributed by atoms with Gasteiger partial charge in [0.05, 0.1) is 12.5 Å². The number of hydrogen-bond acceptors (Lipinski definition) is 5. The summed E-state index contributed by atoms with van der Waals surface area (Å²) in [6.45, 7) is 2.10. The van der Waals surface area contributed by atoms with E-state index in [1.54, 1.807) is 12.1 Å². The van der Waals surface area contributed by atoms with Crippen LogP contribution in [0.4, 0.5) is 0 Å². The van der Waals surface area contributed by atoms with E-state index >= 15 is 0 Å². The topological polar surface area (TPSA) is 88.8 Å². The first-order chi connectivity index (χ1) is 15.5. The van der Waals surface area contributed by atoms with Gasteiger partial charge in [0, 0.05) is 11.1 Å². The summed E-state index contributed by atoms with van der Waals surface area (Å²) in [5.41, 5.74) is 4.20. The first-order valence-electron chi connectivity index (χ1n) is 10.4. The lowest BCUT2D eigenvalue weighted by Crippen LogP contribution is -2.20. The molecule has 0 radical (unpaired) electrons. The molecule has 0 amide bonds. The van der Waals surface area contributed by atoms with Crippen molar-refractivity contribution < 1.29 is 24.1 Å². The van der Waals surface area contributed by atoms with Crippen LogP contribution in [0.1, 0.15) is 33.9 Å². The highest BCUT2D eigenvalue weighted by Gasteiger charge is 2.24. The summed E-state index contributed by atoms with van der Waals surface area (Å²) in [7, 11) is 0. The first kappa shape index (κ1) is 21.3. The number of aryl methyl sites for hydroxylation is 3. The van der Waals surface area contributed by atoms with Crippen LogP contribution in [0.2, 0.25) is 0 Å². The molecule has 0 saturated heterocycles. The monoisotopic (exact) mass is 429 g/mol. The molecule has 0 spiro atoms. The van der Waals surface area contributed by atoms with Crippen LogP contribution in [0.5, 0.6) is 17.2 Å². The number of benzene rings is 3. The normalized spacial score (nSPS) is 12.8. The molecule has 0 bridgehead atoms. The second kappa shape index (κ2) is 9.44. The van der Waals surface area contributed by atoms with Gasteiger partial charge >= 0.3 is 5.97 Å². The van der Waals surface area contributed by atoms with Crippen LogP contribution in [0.15, 0.2) is 60.7 Å². The third-order valence-electron chi connectivity index (χ3n) is 5.48. The second-order valence-electron chi connectivity index (χ2n) is 7.66. The zero-order chi connectivity index (χ0) is 22.5. The molecule has 1 atom stereocenters. The average molecular weight is 429 g/mol. The Morgan fingerprint density at radius 1 is 1.06 bits per heavy atom. The maximum Gasteiger partial charge on any atom is 0.349 e. The number of carbonyl (C=O) groups is 1. The Morgan fingerprint density at radius 3 is 2.53 bits per heavy atom. The maximum atomic E-state index is 12.0. The number of hydrogen-bond donors (Lipinski definition) is 1. The van der Waals surface area contributed by atoms with Crippen molar-refractivity contribution in [1.82, 2.24) is 0 Å². The van der Waals surface area contributed by atoms with E-state index in [2.05, 4.69) is 6.07 Å². The van der Waals surface area contributed by atoms with Gasteiger partial charge in [-0.25, -0.2) is 4.79 Å². The summed E-state index contributed by atoms with van der Waals surface area (Å²) in [6, 6.07) is 20.9. The predicted octanol–water partition coefficient (Wildman–Crippen LogP) is 4.78. The molecule has 1 aliphatic rings. The lowest BCUT2D eigenvalue weighted by atomic mass is 10.0. The van der Waals surface area contributed by atoms with Gasteiger partial charge in [-0.1, -0.05) is 42.5 Å². The van der Waals surface area contributed by atoms with Gasteiger partial charge < -0.3 is 19.3 Å². The molecule has 4 rings (SSSR count). The first-order valence-corrected chi connectivity index (χ1v) is 10.4. The van der Waals surface area contributed by atoms with Crippen LogP contribution in [-0.2, 0) is 24.1 Å². The van der Waals surface area contributed by atoms with Crippen molar-refractivity contribution in [2.75, 3.05) is 6.79 Å². The van der Waals surface area contributed by atoms with Crippen molar-refractivity contribution in [2.24, 2.45) is 0 Å². The summed E-state index contributed by atoms with van der Waals surface area (Å²) in [5, 5.41) is 19.0. The Balaban J connectivity index is 1.56. The molecule has 3 aromatic rings. The number of nitriles is 1. The van der Waals surface area contributed by atoms with Crippen molar-refractivity contribution in [2.45, 2.75) is 32.3 Å². The van der Waals surface area contributed by atoms with Crippen LogP contribution >= 0.6 is 0 Å². The summed E-state index contributed by atoms with van der Waals surface area (Å²) in [4.78, 5) is 12.0. The van der Waals surface area contributed by atoms with E-state index in [-0.39, 0.29) is 13.2 Å². The molecule has 0 unspecified atom stereocenters. The van der Waals surface area contributed by atoms with Crippen LogP contribution in [0.3, 0.4) is 0 Å². The Kier molecular flexibility index (Phi) is 6.27. The Labute approximate surface area is 186 Å². The molecule has 1 heterocycles. The van der Waals surface area contributed by atoms with Gasteiger partial charge in [0.2, 0.25) is 12.9 Å². The van der Waals surface area contributed by atoms with Gasteiger partial charge in [-0.15, -0.1) is 0 Å². The Bertz CT molecular complexity index is 1180. The molecule has 32 heavy (non-hydrogen) atoms. The lowest BCUT2D eigenvalue weighted by Gasteiger charge is -2.20. The molecule has 0 fully saturated rings. The van der Waals surface area contributed by atoms with E-state index in [0.29, 0.717) is 16.9 Å². The minimum atomic E-state index is -1.15. The smallest absolute Gasteiger partial charge is 0.349 e. The summed E-state index contributed by atoms with van der Waals surface area (Å²) in [5.74, 6) is 0.845. The largest absolute Gasteiger partial charge is 0.478 e. The molecule has 6 heteroatoms. The molecule has 0 aliphatic carbocycles. The minimum Gasteiger partial charge on any atom is -0.478 e. The van der Waals surface area contributed by atoms with E-state index in [9.17, 15) is 15.2 Å². The highest BCUT2D eigenvalue weighted by Crippen LogP contribution is 2.33. The number of rotatable bonds is 8. The molecular formula is C26H23NO5. The van der Waals surface area contributed by atoms with Gasteiger partial charge in [-0.2, -0.15) is 5.26 Å². The minimum absolute atomic E-state index is 0.137. The zero-order valence-electron chi connectivity index (χ0n) is 17.7. The van der Waals surface area contributed by atoms with Crippen LogP contribution in [0.25, 0.3) is 0 Å². The standard InChI is InChI=1S/C26H23NO5/c1-17-4-2-3-5-21(17)25(26(28)29)32-23-14-18(8-10-20(23)12-13-27)6-7-19-9-11-22-24(15-19)31-16-30-22/h2-5,8-11,14-15,25H,6-7,12,16H2,1H3,(H,28,29)/t25-/m0/s1. The van der Waals surface area contributed by atoms with Gasteiger partial charge in [-0.3, -0.25) is 0 Å². The number of aliphatic carboxylic acids is 1. The van der Waals surface area contributed by atoms with Crippen molar-refractivity contribution in [3.8, 4) is 23.3 Å². The fraction of sp³-hybridized carbons (Fsp3) is 0.231. The lowest BCUT2D eigenvalue weighted by molar-refractivity contribution is -0.145. The maximum absolute atomic E-state index is 12.0. The molecule has 1 N–H and O–H groups in total. The molecule has 1 aliphatic heterocycles. The van der Waals surface area contributed by atoms with Crippen molar-refractivity contribution >= 4 is 5.97 Å². The summed E-state index contributed by atoms with van der Waals surface area (Å²) < 4.78 is 16.8. The fourth-order valence-electron chi connectivity index (χ4n) is 3.74. The number of nitrogens with zero attached hydrogens (tertiary/aromatic N) is 1. The molecular weight excluding hydrogens is 406 g/mol. The predicted molar refractivity (Wildman–Crippen MR) is 118 cm³/mol. The van der Waals surface area contributed by atoms with Gasteiger partial charge in [-0.05, 0) is 54.7 Å². The van der Waals surface area contributed by atoms with Crippen LogP contribution in [-0.4, -0.2) is 17.9 Å². The molecule has 0 aromatic heterocycles. The van der Waals surface area contributed by atoms with Crippen molar-refractivity contribution in [1.29, 1.82) is 5.26 Å². The molecule has 0 saturated carbocycles. The number of ether oxygens (including phenoxy) is 3. The van der Waals surface area contributed by atoms with Gasteiger partial charge in [0.15, 0.2) is 11.5 Å². The summed E-state index contributed by atoms with van der Waals surface area (Å²) in [6.07, 6.45) is 0.481. The van der Waals surface area contributed by atoms with Crippen molar-refractivity contribution in [3.05, 3.63) is 88.5 Å². The number of carboxylic acids is 1. The van der Waals surface area contributed by atoms with E-state index in [1.165, 1.54) is 0 Å². The Morgan fingerprint density at radius 2 is 1.78 bits per heavy atom. The van der Waals surface area contributed by atoms with Crippen LogP contribution < -0.4 is 14.2 Å². The fourth-order valence-corrected chi connectivity index (χ4v) is 3.74. The van der Waals surface area contributed by atoms with E-state index < -0.39 is 12.1 Å². The van der Waals surface area contributed by atoms with Gasteiger partial charge in [0.1, 0.15) is 5.75 Å². The SMILES string of the molecule is Cc1ccccc1[C@H](Oc1cc(CCc2ccc3c(c2)OCO3)ccc1CC#N)C(=O)O. The number of carboxylic acid groups (broad SMARTS) is 1. The van der Waals surface area contributed by atoms with Crippen LogP contribution in [0, 0.1) is 18.3 Å². The van der Waals surface area contributed by atoms with Gasteiger partial charge in [0.25, 0.3) is 0 Å². The third kappa shape index (κ3) is 4.68.